The third kappa shape index (κ3) is 3.31. The summed E-state index contributed by atoms with van der Waals surface area (Å²) in [6, 6.07) is 4.49. The van der Waals surface area contributed by atoms with E-state index in [0.717, 1.165) is 0 Å². The lowest BCUT2D eigenvalue weighted by atomic mass is 10.3. The van der Waals surface area contributed by atoms with Gasteiger partial charge >= 0.3 is 0 Å². The van der Waals surface area contributed by atoms with Gasteiger partial charge in [0.1, 0.15) is 4.90 Å². The standard InChI is InChI=1S/C9H11N3O2S/c1-8(4-5-10)12-15(13,14)9-3-2-6-11-7-9/h2-3,6-8,12H,4H2,1H3. The van der Waals surface area contributed by atoms with Crippen molar-refractivity contribution in [1.82, 2.24) is 9.71 Å². The highest BCUT2D eigenvalue weighted by Crippen LogP contribution is 2.06. The largest absolute Gasteiger partial charge is 0.263 e. The van der Waals surface area contributed by atoms with Crippen LogP contribution >= 0.6 is 0 Å². The zero-order valence-corrected chi connectivity index (χ0v) is 9.03. The van der Waals surface area contributed by atoms with Crippen molar-refractivity contribution in [3.05, 3.63) is 24.5 Å². The predicted octanol–water partition coefficient (Wildman–Crippen LogP) is 0.662. The Morgan fingerprint density at radius 1 is 1.67 bits per heavy atom. The van der Waals surface area contributed by atoms with Crippen molar-refractivity contribution in [2.24, 2.45) is 0 Å². The molecule has 0 saturated carbocycles. The number of hydrogen-bond acceptors (Lipinski definition) is 4. The fourth-order valence-corrected chi connectivity index (χ4v) is 2.22. The van der Waals surface area contributed by atoms with E-state index in [1.54, 1.807) is 13.0 Å². The molecule has 0 aliphatic rings. The van der Waals surface area contributed by atoms with Crippen LogP contribution in [0.15, 0.2) is 29.4 Å². The number of nitrogens with one attached hydrogen (secondary N) is 1. The molecule has 6 heteroatoms. The minimum absolute atomic E-state index is 0.106. The van der Waals surface area contributed by atoms with E-state index in [4.69, 9.17) is 5.26 Å². The maximum Gasteiger partial charge on any atom is 0.242 e. The van der Waals surface area contributed by atoms with Crippen LogP contribution in [0.1, 0.15) is 13.3 Å². The monoisotopic (exact) mass is 225 g/mol. The second-order valence-corrected chi connectivity index (χ2v) is 4.79. The number of nitriles is 1. The molecule has 0 aliphatic carbocycles. The molecular formula is C9H11N3O2S. The van der Waals surface area contributed by atoms with Crippen LogP contribution in [-0.4, -0.2) is 19.4 Å². The van der Waals surface area contributed by atoms with Crippen LogP contribution in [0, 0.1) is 11.3 Å². The van der Waals surface area contributed by atoms with Crippen LogP contribution in [0.2, 0.25) is 0 Å². The van der Waals surface area contributed by atoms with Crippen molar-refractivity contribution >= 4 is 10.0 Å². The van der Waals surface area contributed by atoms with Crippen LogP contribution in [-0.2, 0) is 10.0 Å². The molecule has 0 bridgehead atoms. The highest BCUT2D eigenvalue weighted by molar-refractivity contribution is 7.89. The summed E-state index contributed by atoms with van der Waals surface area (Å²) >= 11 is 0. The number of pyridine rings is 1. The lowest BCUT2D eigenvalue weighted by molar-refractivity contribution is 0.563. The van der Waals surface area contributed by atoms with Crippen LogP contribution in [0.4, 0.5) is 0 Å². The normalized spacial score (nSPS) is 13.1. The average molecular weight is 225 g/mol. The van der Waals surface area contributed by atoms with Crippen molar-refractivity contribution < 1.29 is 8.42 Å². The summed E-state index contributed by atoms with van der Waals surface area (Å²) < 4.78 is 25.7. The molecule has 80 valence electrons. The first-order valence-corrected chi connectivity index (χ1v) is 5.84. The van der Waals surface area contributed by atoms with Crippen molar-refractivity contribution in [2.45, 2.75) is 24.3 Å². The summed E-state index contributed by atoms with van der Waals surface area (Å²) in [7, 11) is -3.55. The maximum atomic E-state index is 11.7. The molecule has 0 fully saturated rings. The Balaban J connectivity index is 2.82. The molecule has 1 rings (SSSR count). The number of sulfonamides is 1. The Kier molecular flexibility index (Phi) is 3.77. The van der Waals surface area contributed by atoms with E-state index in [0.29, 0.717) is 0 Å². The first-order valence-electron chi connectivity index (χ1n) is 4.35. The summed E-state index contributed by atoms with van der Waals surface area (Å²) in [5.74, 6) is 0. The summed E-state index contributed by atoms with van der Waals surface area (Å²) in [6.45, 7) is 1.64. The summed E-state index contributed by atoms with van der Waals surface area (Å²) in [5.41, 5.74) is 0. The van der Waals surface area contributed by atoms with E-state index in [9.17, 15) is 8.42 Å². The van der Waals surface area contributed by atoms with Gasteiger partial charge in [-0.2, -0.15) is 5.26 Å². The van der Waals surface area contributed by atoms with Gasteiger partial charge in [-0.15, -0.1) is 0 Å². The molecule has 0 aromatic carbocycles. The molecule has 1 aromatic heterocycles. The van der Waals surface area contributed by atoms with E-state index in [1.165, 1.54) is 18.5 Å². The highest BCUT2D eigenvalue weighted by Gasteiger charge is 2.16. The molecule has 0 saturated heterocycles. The van der Waals surface area contributed by atoms with Crippen molar-refractivity contribution in [1.29, 1.82) is 5.26 Å². The van der Waals surface area contributed by atoms with Crippen molar-refractivity contribution in [3.63, 3.8) is 0 Å². The second-order valence-electron chi connectivity index (χ2n) is 3.07. The van der Waals surface area contributed by atoms with E-state index < -0.39 is 16.1 Å². The van der Waals surface area contributed by atoms with Gasteiger partial charge in [-0.05, 0) is 19.1 Å². The molecule has 1 N–H and O–H groups in total. The Hall–Kier alpha value is -1.45. The topological polar surface area (TPSA) is 82.9 Å². The van der Waals surface area contributed by atoms with E-state index in [-0.39, 0.29) is 11.3 Å². The van der Waals surface area contributed by atoms with E-state index in [1.807, 2.05) is 6.07 Å². The molecular weight excluding hydrogens is 214 g/mol. The Bertz CT molecular complexity index is 450. The van der Waals surface area contributed by atoms with Gasteiger partial charge < -0.3 is 0 Å². The van der Waals surface area contributed by atoms with Gasteiger partial charge in [0.25, 0.3) is 0 Å². The SMILES string of the molecule is CC(CC#N)NS(=O)(=O)c1cccnc1. The fourth-order valence-electron chi connectivity index (χ4n) is 1.02. The first kappa shape index (κ1) is 11.6. The highest BCUT2D eigenvalue weighted by atomic mass is 32.2. The van der Waals surface area contributed by atoms with E-state index >= 15 is 0 Å². The zero-order chi connectivity index (χ0) is 11.3. The van der Waals surface area contributed by atoms with Gasteiger partial charge in [0.2, 0.25) is 10.0 Å². The summed E-state index contributed by atoms with van der Waals surface area (Å²) in [6.07, 6.45) is 2.90. The molecule has 1 heterocycles. The number of nitrogens with zero attached hydrogens (tertiary/aromatic N) is 2. The number of rotatable bonds is 4. The van der Waals surface area contributed by atoms with Gasteiger partial charge in [-0.3, -0.25) is 4.98 Å². The minimum atomic E-state index is -3.55. The van der Waals surface area contributed by atoms with Crippen molar-refractivity contribution in [2.75, 3.05) is 0 Å². The molecule has 0 spiro atoms. The lowest BCUT2D eigenvalue weighted by Crippen LogP contribution is -2.32. The maximum absolute atomic E-state index is 11.7. The molecule has 1 atom stereocenters. The molecule has 15 heavy (non-hydrogen) atoms. The fraction of sp³-hybridized carbons (Fsp3) is 0.333. The van der Waals surface area contributed by atoms with Gasteiger partial charge in [0.05, 0.1) is 12.5 Å². The van der Waals surface area contributed by atoms with Gasteiger partial charge in [0, 0.05) is 18.4 Å². The predicted molar refractivity (Wildman–Crippen MR) is 54.3 cm³/mol. The number of hydrogen-bond donors (Lipinski definition) is 1. The third-order valence-electron chi connectivity index (χ3n) is 1.70. The number of aromatic nitrogens is 1. The lowest BCUT2D eigenvalue weighted by Gasteiger charge is -2.10. The van der Waals surface area contributed by atoms with Crippen LogP contribution in [0.25, 0.3) is 0 Å². The Morgan fingerprint density at radius 3 is 2.93 bits per heavy atom. The zero-order valence-electron chi connectivity index (χ0n) is 8.21. The molecule has 0 aliphatic heterocycles. The summed E-state index contributed by atoms with van der Waals surface area (Å²) in [4.78, 5) is 3.83. The smallest absolute Gasteiger partial charge is 0.242 e. The van der Waals surface area contributed by atoms with Crippen molar-refractivity contribution in [3.8, 4) is 6.07 Å². The first-order chi connectivity index (χ1) is 7.06. The summed E-state index contributed by atoms with van der Waals surface area (Å²) in [5, 5.41) is 8.41. The molecule has 0 amide bonds. The third-order valence-corrected chi connectivity index (χ3v) is 3.27. The van der Waals surface area contributed by atoms with Gasteiger partial charge in [-0.1, -0.05) is 0 Å². The Morgan fingerprint density at radius 2 is 2.40 bits per heavy atom. The molecule has 5 nitrogen and oxygen atoms in total. The average Bonchev–Trinajstić information content (AvgIpc) is 2.18. The van der Waals surface area contributed by atoms with Crippen LogP contribution in [0.3, 0.4) is 0 Å². The van der Waals surface area contributed by atoms with Gasteiger partial charge in [0.15, 0.2) is 0 Å². The quantitative estimate of drug-likeness (QED) is 0.816. The molecule has 1 unspecified atom stereocenters. The second kappa shape index (κ2) is 4.87. The van der Waals surface area contributed by atoms with Crippen LogP contribution in [0.5, 0.6) is 0 Å². The molecule has 1 aromatic rings. The Labute approximate surface area is 88.8 Å². The molecule has 0 radical (unpaired) electrons. The minimum Gasteiger partial charge on any atom is -0.263 e. The van der Waals surface area contributed by atoms with Gasteiger partial charge in [-0.25, -0.2) is 13.1 Å². The van der Waals surface area contributed by atoms with Crippen LogP contribution < -0.4 is 4.72 Å². The van der Waals surface area contributed by atoms with E-state index in [2.05, 4.69) is 9.71 Å².